The quantitative estimate of drug-likeness (QED) is 0.722. The fourth-order valence-corrected chi connectivity index (χ4v) is 3.77. The molecule has 0 atom stereocenters. The number of rotatable bonds is 1. The summed E-state index contributed by atoms with van der Waals surface area (Å²) in [4.78, 5) is 15.0. The van der Waals surface area contributed by atoms with E-state index in [0.29, 0.717) is 0 Å². The second kappa shape index (κ2) is 3.92. The van der Waals surface area contributed by atoms with Gasteiger partial charge in [0.05, 0.1) is 10.4 Å². The average molecular weight is 255 g/mol. The molecule has 0 aliphatic heterocycles. The molecule has 3 aromatic heterocycles. The van der Waals surface area contributed by atoms with Crippen LogP contribution in [0.15, 0.2) is 24.4 Å². The highest BCUT2D eigenvalue weighted by Gasteiger charge is 2.16. The summed E-state index contributed by atoms with van der Waals surface area (Å²) in [6, 6.07) is 6.26. The Morgan fingerprint density at radius 2 is 2.17 bits per heavy atom. The summed E-state index contributed by atoms with van der Waals surface area (Å²) in [5, 5.41) is 0. The lowest BCUT2D eigenvalue weighted by Gasteiger charge is -2.08. The summed E-state index contributed by atoms with van der Waals surface area (Å²) in [5.74, 6) is 0.961. The van der Waals surface area contributed by atoms with Gasteiger partial charge < -0.3 is 4.98 Å². The normalized spacial score (nSPS) is 14.9. The van der Waals surface area contributed by atoms with E-state index in [1.807, 2.05) is 23.5 Å². The van der Waals surface area contributed by atoms with E-state index >= 15 is 0 Å². The summed E-state index contributed by atoms with van der Waals surface area (Å²) in [5.41, 5.74) is 3.34. The van der Waals surface area contributed by atoms with E-state index < -0.39 is 0 Å². The SMILES string of the molecule is c1cnc2nc(-c3cc4c(s3)CCCC4)[nH]c2c1. The van der Waals surface area contributed by atoms with Crippen LogP contribution < -0.4 is 0 Å². The molecule has 3 aromatic rings. The molecule has 0 fully saturated rings. The number of fused-ring (bicyclic) bond motifs is 2. The monoisotopic (exact) mass is 255 g/mol. The Morgan fingerprint density at radius 1 is 1.22 bits per heavy atom. The predicted molar refractivity (Wildman–Crippen MR) is 73.8 cm³/mol. The molecular weight excluding hydrogens is 242 g/mol. The van der Waals surface area contributed by atoms with Gasteiger partial charge in [-0.1, -0.05) is 0 Å². The Hall–Kier alpha value is -1.68. The second-order valence-electron chi connectivity index (χ2n) is 4.73. The van der Waals surface area contributed by atoms with Crippen molar-refractivity contribution >= 4 is 22.5 Å². The summed E-state index contributed by atoms with van der Waals surface area (Å²) in [6.07, 6.45) is 6.90. The fraction of sp³-hybridized carbons (Fsp3) is 0.286. The highest BCUT2D eigenvalue weighted by molar-refractivity contribution is 7.15. The molecule has 90 valence electrons. The lowest BCUT2D eigenvalue weighted by atomic mass is 9.99. The van der Waals surface area contributed by atoms with Crippen LogP contribution in [-0.2, 0) is 12.8 Å². The van der Waals surface area contributed by atoms with Gasteiger partial charge in [0, 0.05) is 11.1 Å². The van der Waals surface area contributed by atoms with Gasteiger partial charge in [-0.2, -0.15) is 0 Å². The van der Waals surface area contributed by atoms with Gasteiger partial charge in [-0.3, -0.25) is 0 Å². The second-order valence-corrected chi connectivity index (χ2v) is 5.86. The number of aromatic amines is 1. The van der Waals surface area contributed by atoms with Crippen molar-refractivity contribution in [2.24, 2.45) is 0 Å². The molecule has 0 amide bonds. The third kappa shape index (κ3) is 1.56. The van der Waals surface area contributed by atoms with E-state index in [2.05, 4.69) is 21.0 Å². The number of imidazole rings is 1. The van der Waals surface area contributed by atoms with Gasteiger partial charge in [0.1, 0.15) is 0 Å². The smallest absolute Gasteiger partial charge is 0.178 e. The van der Waals surface area contributed by atoms with Crippen molar-refractivity contribution in [3.8, 4) is 10.7 Å². The van der Waals surface area contributed by atoms with Crippen LogP contribution in [0.25, 0.3) is 21.9 Å². The van der Waals surface area contributed by atoms with E-state index in [0.717, 1.165) is 17.0 Å². The Labute approximate surface area is 109 Å². The van der Waals surface area contributed by atoms with Gasteiger partial charge >= 0.3 is 0 Å². The van der Waals surface area contributed by atoms with Crippen LogP contribution in [0.2, 0.25) is 0 Å². The van der Waals surface area contributed by atoms with E-state index in [-0.39, 0.29) is 0 Å². The molecule has 0 spiro atoms. The molecular formula is C14H13N3S. The maximum atomic E-state index is 4.57. The maximum Gasteiger partial charge on any atom is 0.178 e. The molecule has 1 aliphatic rings. The van der Waals surface area contributed by atoms with Crippen molar-refractivity contribution in [2.45, 2.75) is 25.7 Å². The first-order valence-corrected chi connectivity index (χ1v) is 7.14. The highest BCUT2D eigenvalue weighted by Crippen LogP contribution is 2.34. The lowest BCUT2D eigenvalue weighted by Crippen LogP contribution is -1.96. The van der Waals surface area contributed by atoms with Crippen LogP contribution >= 0.6 is 11.3 Å². The number of hydrogen-bond acceptors (Lipinski definition) is 3. The van der Waals surface area contributed by atoms with Crippen LogP contribution in [0.5, 0.6) is 0 Å². The van der Waals surface area contributed by atoms with Crippen molar-refractivity contribution in [2.75, 3.05) is 0 Å². The highest BCUT2D eigenvalue weighted by atomic mass is 32.1. The van der Waals surface area contributed by atoms with Gasteiger partial charge in [0.15, 0.2) is 11.5 Å². The first-order chi connectivity index (χ1) is 8.90. The third-order valence-electron chi connectivity index (χ3n) is 3.49. The minimum Gasteiger partial charge on any atom is -0.336 e. The van der Waals surface area contributed by atoms with E-state index in [1.54, 1.807) is 11.1 Å². The van der Waals surface area contributed by atoms with Crippen LogP contribution in [0.3, 0.4) is 0 Å². The largest absolute Gasteiger partial charge is 0.336 e. The van der Waals surface area contributed by atoms with Crippen molar-refractivity contribution < 1.29 is 0 Å². The number of aromatic nitrogens is 3. The van der Waals surface area contributed by atoms with Gasteiger partial charge in [-0.15, -0.1) is 11.3 Å². The Morgan fingerprint density at radius 3 is 3.06 bits per heavy atom. The average Bonchev–Trinajstić information content (AvgIpc) is 3.02. The molecule has 0 unspecified atom stereocenters. The summed E-state index contributed by atoms with van der Waals surface area (Å²) < 4.78 is 0. The van der Waals surface area contributed by atoms with Crippen molar-refractivity contribution in [3.63, 3.8) is 0 Å². The zero-order valence-corrected chi connectivity index (χ0v) is 10.8. The van der Waals surface area contributed by atoms with E-state index in [9.17, 15) is 0 Å². The maximum absolute atomic E-state index is 4.57. The van der Waals surface area contributed by atoms with Crippen molar-refractivity contribution in [3.05, 3.63) is 34.8 Å². The molecule has 1 N–H and O–H groups in total. The first kappa shape index (κ1) is 10.3. The number of nitrogens with one attached hydrogen (secondary N) is 1. The molecule has 3 nitrogen and oxygen atoms in total. The Bertz CT molecular complexity index is 654. The van der Waals surface area contributed by atoms with E-state index in [1.165, 1.54) is 36.1 Å². The molecule has 0 aromatic carbocycles. The summed E-state index contributed by atoms with van der Waals surface area (Å²) in [6.45, 7) is 0. The zero-order valence-electron chi connectivity index (χ0n) is 9.94. The molecule has 4 rings (SSSR count). The van der Waals surface area contributed by atoms with Gasteiger partial charge in [-0.25, -0.2) is 9.97 Å². The molecule has 0 bridgehead atoms. The number of H-pyrrole nitrogens is 1. The van der Waals surface area contributed by atoms with Crippen LogP contribution in [-0.4, -0.2) is 15.0 Å². The topological polar surface area (TPSA) is 41.6 Å². The first-order valence-electron chi connectivity index (χ1n) is 6.33. The zero-order chi connectivity index (χ0) is 11.9. The molecule has 3 heterocycles. The summed E-state index contributed by atoms with van der Waals surface area (Å²) in [7, 11) is 0. The number of pyridine rings is 1. The molecule has 4 heteroatoms. The van der Waals surface area contributed by atoms with Crippen LogP contribution in [0.1, 0.15) is 23.3 Å². The molecule has 0 saturated carbocycles. The minimum atomic E-state index is 0.805. The van der Waals surface area contributed by atoms with Gasteiger partial charge in [0.25, 0.3) is 0 Å². The standard InChI is InChI=1S/C14H13N3S/c1-2-6-11-9(4-1)8-12(18-11)14-16-10-5-3-7-15-13(10)17-14/h3,5,7-8H,1-2,4,6H2,(H,15,16,17). The number of nitrogens with zero attached hydrogens (tertiary/aromatic N) is 2. The number of hydrogen-bond donors (Lipinski definition) is 1. The van der Waals surface area contributed by atoms with Crippen LogP contribution in [0.4, 0.5) is 0 Å². The molecule has 0 radical (unpaired) electrons. The molecule has 0 saturated heterocycles. The predicted octanol–water partition coefficient (Wildman–Crippen LogP) is 3.57. The van der Waals surface area contributed by atoms with E-state index in [4.69, 9.17) is 0 Å². The number of aryl methyl sites for hydroxylation is 2. The lowest BCUT2D eigenvalue weighted by molar-refractivity contribution is 0.697. The molecule has 1 aliphatic carbocycles. The molecule has 18 heavy (non-hydrogen) atoms. The van der Waals surface area contributed by atoms with Gasteiger partial charge in [0.2, 0.25) is 0 Å². The van der Waals surface area contributed by atoms with Crippen molar-refractivity contribution in [1.82, 2.24) is 15.0 Å². The Balaban J connectivity index is 1.84. The van der Waals surface area contributed by atoms with Gasteiger partial charge in [-0.05, 0) is 49.4 Å². The fourth-order valence-electron chi connectivity index (χ4n) is 2.57. The van der Waals surface area contributed by atoms with Crippen LogP contribution in [0, 0.1) is 0 Å². The Kier molecular flexibility index (Phi) is 2.23. The minimum absolute atomic E-state index is 0.805. The third-order valence-corrected chi connectivity index (χ3v) is 4.73. The summed E-state index contributed by atoms with van der Waals surface area (Å²) >= 11 is 1.88. The number of thiophene rings is 1. The van der Waals surface area contributed by atoms with Crippen molar-refractivity contribution in [1.29, 1.82) is 0 Å².